The minimum Gasteiger partial charge on any atom is -0.461 e. The molecule has 0 fully saturated rings. The maximum Gasteiger partial charge on any atom is 0.372 e. The quantitative estimate of drug-likeness (QED) is 0.0840. The Balaban J connectivity index is 1.91. The van der Waals surface area contributed by atoms with Crippen LogP contribution < -0.4 is 14.8 Å². The fourth-order valence-corrected chi connectivity index (χ4v) is 6.29. The molecule has 1 N–H and O–H groups in total. The third-order valence-corrected chi connectivity index (χ3v) is 9.79. The van der Waals surface area contributed by atoms with Crippen molar-refractivity contribution in [3.05, 3.63) is 66.0 Å². The zero-order valence-electron chi connectivity index (χ0n) is 24.6. The van der Waals surface area contributed by atoms with Crippen LogP contribution in [-0.2, 0) is 19.6 Å². The van der Waals surface area contributed by atoms with Gasteiger partial charge in [-0.05, 0) is 44.2 Å². The van der Waals surface area contributed by atoms with Gasteiger partial charge >= 0.3 is 5.97 Å². The molecule has 0 saturated heterocycles. The number of benzene rings is 3. The van der Waals surface area contributed by atoms with E-state index in [9.17, 15) is 17.8 Å². The molecule has 4 rings (SSSR count). The summed E-state index contributed by atoms with van der Waals surface area (Å²) in [5, 5.41) is 1.47. The lowest BCUT2D eigenvalue weighted by Crippen LogP contribution is -2.33. The van der Waals surface area contributed by atoms with Gasteiger partial charge < -0.3 is 14.1 Å². The van der Waals surface area contributed by atoms with Gasteiger partial charge in [-0.2, -0.15) is 8.42 Å². The number of fused-ring (bicyclic) bond motifs is 2. The molecular formula is C31H39N2O6SSi+. The van der Waals surface area contributed by atoms with Crippen molar-refractivity contribution >= 4 is 40.8 Å². The lowest BCUT2D eigenvalue weighted by molar-refractivity contribution is -0.142. The highest BCUT2D eigenvalue weighted by molar-refractivity contribution is 7.86. The molecule has 0 bridgehead atoms. The van der Waals surface area contributed by atoms with Gasteiger partial charge in [-0.15, -0.1) is 0 Å². The fourth-order valence-electron chi connectivity index (χ4n) is 4.88. The summed E-state index contributed by atoms with van der Waals surface area (Å²) in [6.45, 7) is 13.0. The first-order valence-electron chi connectivity index (χ1n) is 13.8. The van der Waals surface area contributed by atoms with E-state index in [0.717, 1.165) is 35.6 Å². The van der Waals surface area contributed by atoms with Crippen LogP contribution in [0.2, 0.25) is 25.7 Å². The van der Waals surface area contributed by atoms with Crippen LogP contribution in [0.25, 0.3) is 33.4 Å². The smallest absolute Gasteiger partial charge is 0.372 e. The summed E-state index contributed by atoms with van der Waals surface area (Å²) < 4.78 is 48.5. The third-order valence-electron chi connectivity index (χ3n) is 7.17. The van der Waals surface area contributed by atoms with E-state index in [4.69, 9.17) is 9.15 Å². The van der Waals surface area contributed by atoms with Crippen molar-refractivity contribution in [2.75, 3.05) is 38.2 Å². The fraction of sp³-hybridized carbons (Fsp3) is 0.355. The molecule has 1 aliphatic heterocycles. The highest BCUT2D eigenvalue weighted by Crippen LogP contribution is 2.42. The van der Waals surface area contributed by atoms with Crippen LogP contribution in [0, 0.1) is 0 Å². The van der Waals surface area contributed by atoms with Gasteiger partial charge in [0.15, 0.2) is 0 Å². The van der Waals surface area contributed by atoms with Crippen LogP contribution in [-0.4, -0.2) is 60.3 Å². The second-order valence-electron chi connectivity index (χ2n) is 11.4. The molecule has 0 amide bonds. The van der Waals surface area contributed by atoms with E-state index in [1.54, 1.807) is 22.8 Å². The summed E-state index contributed by atoms with van der Waals surface area (Å²) >= 11 is 0. The van der Waals surface area contributed by atoms with Gasteiger partial charge in [-0.3, -0.25) is 4.55 Å². The zero-order chi connectivity index (χ0) is 29.9. The molecule has 1 heterocycles. The van der Waals surface area contributed by atoms with Crippen LogP contribution in [0.5, 0.6) is 0 Å². The van der Waals surface area contributed by atoms with E-state index < -0.39 is 18.2 Å². The Morgan fingerprint density at radius 2 is 1.71 bits per heavy atom. The van der Waals surface area contributed by atoms with Gasteiger partial charge in [0.05, 0.1) is 12.7 Å². The standard InChI is InChI=1S/C31H38N2O6SSi/c1-7-33(8-2)23-14-16-25-28(20-23)39-27-19-22(32(3)21-30(34)38-17-18-41(4,5)6)13-15-24(27)31(25)26-11-9-10-12-29(26)40(35,36)37/h9-16,19-20H,7-8,17-18,21H2,1-6H3/p+1. The van der Waals surface area contributed by atoms with Crippen molar-refractivity contribution in [1.29, 1.82) is 0 Å². The number of carbonyl (C=O) groups is 1. The van der Waals surface area contributed by atoms with Crippen molar-refractivity contribution in [3.63, 3.8) is 0 Å². The normalized spacial score (nSPS) is 13.0. The molecule has 0 radical (unpaired) electrons. The van der Waals surface area contributed by atoms with Crippen LogP contribution in [0.4, 0.5) is 5.69 Å². The van der Waals surface area contributed by atoms with Gasteiger partial charge in [0.25, 0.3) is 10.1 Å². The van der Waals surface area contributed by atoms with E-state index in [0.29, 0.717) is 34.6 Å². The van der Waals surface area contributed by atoms with Gasteiger partial charge in [0.2, 0.25) is 11.9 Å². The van der Waals surface area contributed by atoms with E-state index in [1.165, 1.54) is 6.07 Å². The summed E-state index contributed by atoms with van der Waals surface area (Å²) in [6.07, 6.45) is 0. The molecule has 0 saturated carbocycles. The van der Waals surface area contributed by atoms with Crippen molar-refractivity contribution in [2.45, 2.75) is 44.4 Å². The number of nitrogens with zero attached hydrogens (tertiary/aromatic N) is 2. The number of hydrogen-bond donors (Lipinski definition) is 1. The van der Waals surface area contributed by atoms with Gasteiger partial charge in [0.1, 0.15) is 23.3 Å². The number of esters is 1. The topological polar surface area (TPSA) is 100 Å². The highest BCUT2D eigenvalue weighted by atomic mass is 32.2. The highest BCUT2D eigenvalue weighted by Gasteiger charge is 2.24. The molecule has 8 nitrogen and oxygen atoms in total. The van der Waals surface area contributed by atoms with Crippen molar-refractivity contribution in [2.24, 2.45) is 0 Å². The lowest BCUT2D eigenvalue weighted by atomic mass is 9.93. The van der Waals surface area contributed by atoms with E-state index in [1.807, 2.05) is 43.4 Å². The molecule has 0 unspecified atom stereocenters. The summed E-state index contributed by atoms with van der Waals surface area (Å²) in [6, 6.07) is 18.8. The van der Waals surface area contributed by atoms with Gasteiger partial charge in [-0.1, -0.05) is 37.8 Å². The van der Waals surface area contributed by atoms with E-state index in [-0.39, 0.29) is 17.4 Å². The molecular weight excluding hydrogens is 557 g/mol. The van der Waals surface area contributed by atoms with Crippen LogP contribution >= 0.6 is 0 Å². The molecule has 0 aromatic heterocycles. The predicted molar refractivity (Wildman–Crippen MR) is 167 cm³/mol. The molecule has 2 aromatic carbocycles. The van der Waals surface area contributed by atoms with Gasteiger partial charge in [-0.25, -0.2) is 9.37 Å². The minimum atomic E-state index is -4.50. The van der Waals surface area contributed by atoms with Crippen molar-refractivity contribution in [1.82, 2.24) is 4.58 Å². The van der Waals surface area contributed by atoms with Crippen molar-refractivity contribution < 1.29 is 26.9 Å². The molecule has 218 valence electrons. The Bertz CT molecular complexity index is 1720. The maximum atomic E-state index is 12.5. The first-order chi connectivity index (χ1) is 19.3. The molecule has 2 aliphatic rings. The Hall–Kier alpha value is -3.47. The van der Waals surface area contributed by atoms with E-state index >= 15 is 0 Å². The number of rotatable bonds is 10. The van der Waals surface area contributed by atoms with Gasteiger partial charge in [0, 0.05) is 61.1 Å². The Morgan fingerprint density at radius 3 is 2.37 bits per heavy atom. The summed E-state index contributed by atoms with van der Waals surface area (Å²) in [7, 11) is -3.99. The SMILES string of the molecule is CCN(CC)c1ccc2c(-c3ccccc3S(=O)(=O)O)c3ccc(=[N+](C)CC(=O)OCC[Si](C)(C)C)cc-3oc2c1. The predicted octanol–water partition coefficient (Wildman–Crippen LogP) is 5.58. The largest absolute Gasteiger partial charge is 0.461 e. The summed E-state index contributed by atoms with van der Waals surface area (Å²) in [4.78, 5) is 14.5. The second-order valence-corrected chi connectivity index (χ2v) is 18.4. The average Bonchev–Trinajstić information content (AvgIpc) is 2.90. The molecule has 0 atom stereocenters. The maximum absolute atomic E-state index is 12.5. The van der Waals surface area contributed by atoms with Crippen LogP contribution in [0.15, 0.2) is 70.0 Å². The first-order valence-corrected chi connectivity index (χ1v) is 19.0. The molecule has 41 heavy (non-hydrogen) atoms. The minimum absolute atomic E-state index is 0.0787. The van der Waals surface area contributed by atoms with Crippen LogP contribution in [0.1, 0.15) is 13.8 Å². The van der Waals surface area contributed by atoms with Crippen molar-refractivity contribution in [3.8, 4) is 22.5 Å². The number of ether oxygens (including phenoxy) is 1. The second kappa shape index (κ2) is 12.2. The average molecular weight is 596 g/mol. The number of likely N-dealkylation sites (N-methyl/N-ethyl adjacent to an activating group) is 1. The Kier molecular flexibility index (Phi) is 9.06. The molecule has 1 aliphatic carbocycles. The number of carbonyl (C=O) groups excluding carboxylic acids is 1. The molecule has 10 heteroatoms. The van der Waals surface area contributed by atoms with Crippen LogP contribution in [0.3, 0.4) is 0 Å². The first kappa shape index (κ1) is 30.5. The monoisotopic (exact) mass is 595 g/mol. The number of hydrogen-bond acceptors (Lipinski definition) is 6. The number of anilines is 1. The third kappa shape index (κ3) is 7.06. The Labute approximate surface area is 243 Å². The molecule has 0 spiro atoms. The van der Waals surface area contributed by atoms with E-state index in [2.05, 4.69) is 38.4 Å². The summed E-state index contributed by atoms with van der Waals surface area (Å²) in [5.41, 5.74) is 3.25. The zero-order valence-corrected chi connectivity index (χ0v) is 26.4. The Morgan fingerprint density at radius 1 is 1.00 bits per heavy atom. The summed E-state index contributed by atoms with van der Waals surface area (Å²) in [5.74, 6) is 0.221. The lowest BCUT2D eigenvalue weighted by Gasteiger charge is -2.22. The molecule has 2 aromatic rings.